The van der Waals surface area contributed by atoms with Crippen LogP contribution in [0.25, 0.3) is 0 Å². The van der Waals surface area contributed by atoms with Crippen LogP contribution in [-0.4, -0.2) is 30.9 Å². The average molecular weight is 247 g/mol. The zero-order valence-electron chi connectivity index (χ0n) is 10.8. The maximum absolute atomic E-state index is 12.4. The first kappa shape index (κ1) is 12.8. The van der Waals surface area contributed by atoms with Crippen LogP contribution in [0.3, 0.4) is 0 Å². The van der Waals surface area contributed by atoms with Crippen molar-refractivity contribution in [1.29, 1.82) is 0 Å². The minimum atomic E-state index is -0.215. The molecule has 2 rings (SSSR count). The first-order valence-electron chi connectivity index (χ1n) is 6.45. The van der Waals surface area contributed by atoms with E-state index in [0.29, 0.717) is 12.1 Å². The highest BCUT2D eigenvalue weighted by Crippen LogP contribution is 2.21. The van der Waals surface area contributed by atoms with Gasteiger partial charge in [0.25, 0.3) is 5.91 Å². The summed E-state index contributed by atoms with van der Waals surface area (Å²) in [4.78, 5) is 26.9. The van der Waals surface area contributed by atoms with Gasteiger partial charge >= 0.3 is 0 Å². The van der Waals surface area contributed by atoms with Crippen LogP contribution in [0.4, 0.5) is 5.69 Å². The van der Waals surface area contributed by atoms with Crippen molar-refractivity contribution in [2.24, 2.45) is 0 Å². The normalized spacial score (nSPS) is 19.9. The maximum atomic E-state index is 12.4. The van der Waals surface area contributed by atoms with Crippen LogP contribution in [-0.2, 0) is 9.59 Å². The summed E-state index contributed by atoms with van der Waals surface area (Å²) in [6, 6.07) is 8.95. The van der Waals surface area contributed by atoms with E-state index in [9.17, 15) is 9.59 Å². The molecule has 0 bridgehead atoms. The van der Waals surface area contributed by atoms with Gasteiger partial charge in [0.15, 0.2) is 6.04 Å². The van der Waals surface area contributed by atoms with Crippen LogP contribution in [0, 0.1) is 0 Å². The molecule has 96 valence electrons. The van der Waals surface area contributed by atoms with Gasteiger partial charge in [-0.2, -0.15) is 0 Å². The molecule has 1 N–H and O–H groups in total. The molecule has 0 aromatic heterocycles. The summed E-state index contributed by atoms with van der Waals surface area (Å²) in [6.07, 6.45) is 0.324. The van der Waals surface area contributed by atoms with E-state index in [1.54, 1.807) is 12.1 Å². The Labute approximate surface area is 107 Å². The minimum absolute atomic E-state index is 0.0649. The van der Waals surface area contributed by atoms with Gasteiger partial charge < -0.3 is 4.90 Å². The Morgan fingerprint density at radius 1 is 1.17 bits per heavy atom. The van der Waals surface area contributed by atoms with E-state index in [2.05, 4.69) is 0 Å². The number of amides is 2. The topological polar surface area (TPSA) is 41.8 Å². The van der Waals surface area contributed by atoms with Gasteiger partial charge in [-0.1, -0.05) is 18.2 Å². The summed E-state index contributed by atoms with van der Waals surface area (Å²) < 4.78 is 0. The van der Waals surface area contributed by atoms with E-state index in [1.165, 1.54) is 9.80 Å². The smallest absolute Gasteiger partial charge is 0.292 e. The van der Waals surface area contributed by atoms with E-state index in [0.717, 1.165) is 13.1 Å². The van der Waals surface area contributed by atoms with Crippen molar-refractivity contribution in [3.8, 4) is 0 Å². The van der Waals surface area contributed by atoms with Gasteiger partial charge in [-0.15, -0.1) is 0 Å². The molecule has 0 aliphatic carbocycles. The number of benzene rings is 1. The number of imide groups is 1. The molecule has 1 heterocycles. The Morgan fingerprint density at radius 3 is 2.33 bits per heavy atom. The number of hydrogen-bond donors (Lipinski definition) is 1. The molecular formula is C14H19N2O2+. The van der Waals surface area contributed by atoms with Crippen molar-refractivity contribution in [3.63, 3.8) is 0 Å². The number of nitrogens with one attached hydrogen (secondary N) is 1. The van der Waals surface area contributed by atoms with Crippen molar-refractivity contribution in [2.45, 2.75) is 26.3 Å². The van der Waals surface area contributed by atoms with Crippen LogP contribution in [0.1, 0.15) is 20.3 Å². The maximum Gasteiger partial charge on any atom is 0.292 e. The van der Waals surface area contributed by atoms with E-state index < -0.39 is 0 Å². The summed E-state index contributed by atoms with van der Waals surface area (Å²) in [6.45, 7) is 5.81. The third-order valence-corrected chi connectivity index (χ3v) is 3.56. The molecule has 0 saturated carbocycles. The van der Waals surface area contributed by atoms with Crippen LogP contribution in [0.15, 0.2) is 30.3 Å². The van der Waals surface area contributed by atoms with Crippen LogP contribution >= 0.6 is 0 Å². The SMILES string of the molecule is CC[NH+](CC)[C@H]1CC(=O)N(c2ccccc2)C1=O. The van der Waals surface area contributed by atoms with E-state index in [4.69, 9.17) is 0 Å². The molecule has 2 amide bonds. The largest absolute Gasteiger partial charge is 0.325 e. The molecule has 18 heavy (non-hydrogen) atoms. The Bertz CT molecular complexity index is 440. The number of rotatable bonds is 4. The standard InChI is InChI=1S/C14H18N2O2/c1-3-15(4-2)12-10-13(17)16(14(12)18)11-8-6-5-7-9-11/h5-9,12H,3-4,10H2,1-2H3/p+1/t12-/m0/s1. The molecule has 4 heteroatoms. The Kier molecular flexibility index (Phi) is 3.77. The Balaban J connectivity index is 2.25. The average Bonchev–Trinajstić information content (AvgIpc) is 2.68. The lowest BCUT2D eigenvalue weighted by atomic mass is 10.2. The zero-order valence-corrected chi connectivity index (χ0v) is 10.8. The zero-order chi connectivity index (χ0) is 13.1. The lowest BCUT2D eigenvalue weighted by Crippen LogP contribution is -3.16. The predicted octanol–water partition coefficient (Wildman–Crippen LogP) is 0.243. The van der Waals surface area contributed by atoms with Crippen molar-refractivity contribution in [2.75, 3.05) is 18.0 Å². The fourth-order valence-electron chi connectivity index (χ4n) is 2.54. The molecule has 1 fully saturated rings. The Hall–Kier alpha value is -1.68. The van der Waals surface area contributed by atoms with Crippen molar-refractivity contribution in [1.82, 2.24) is 0 Å². The molecule has 1 aliphatic heterocycles. The number of carbonyl (C=O) groups excluding carboxylic acids is 2. The van der Waals surface area contributed by atoms with Gasteiger partial charge in [0, 0.05) is 0 Å². The lowest BCUT2D eigenvalue weighted by molar-refractivity contribution is -0.911. The summed E-state index contributed by atoms with van der Waals surface area (Å²) in [5.41, 5.74) is 0.682. The number of nitrogens with zero attached hydrogens (tertiary/aromatic N) is 1. The third kappa shape index (κ3) is 2.16. The van der Waals surface area contributed by atoms with E-state index >= 15 is 0 Å². The predicted molar refractivity (Wildman–Crippen MR) is 69.4 cm³/mol. The third-order valence-electron chi connectivity index (χ3n) is 3.56. The molecule has 1 aromatic carbocycles. The van der Waals surface area contributed by atoms with E-state index in [1.807, 2.05) is 32.0 Å². The molecule has 0 unspecified atom stereocenters. The van der Waals surface area contributed by atoms with Crippen molar-refractivity contribution in [3.05, 3.63) is 30.3 Å². The van der Waals surface area contributed by atoms with Gasteiger partial charge in [-0.3, -0.25) is 9.59 Å². The van der Waals surface area contributed by atoms with Crippen LogP contribution in [0.2, 0.25) is 0 Å². The fourth-order valence-corrected chi connectivity index (χ4v) is 2.54. The quantitative estimate of drug-likeness (QED) is 0.775. The lowest BCUT2D eigenvalue weighted by Gasteiger charge is -2.21. The van der Waals surface area contributed by atoms with Crippen LogP contribution < -0.4 is 9.80 Å². The fraction of sp³-hybridized carbons (Fsp3) is 0.429. The minimum Gasteiger partial charge on any atom is -0.325 e. The molecule has 0 spiro atoms. The molecule has 1 aromatic rings. The van der Waals surface area contributed by atoms with Gasteiger partial charge in [-0.05, 0) is 26.0 Å². The molecule has 0 radical (unpaired) electrons. The number of carbonyl (C=O) groups is 2. The molecule has 4 nitrogen and oxygen atoms in total. The summed E-state index contributed by atoms with van der Waals surface area (Å²) >= 11 is 0. The summed E-state index contributed by atoms with van der Waals surface area (Å²) in [5, 5.41) is 0. The highest BCUT2D eigenvalue weighted by Gasteiger charge is 2.44. The van der Waals surface area contributed by atoms with Gasteiger partial charge in [0.2, 0.25) is 5.91 Å². The molecule has 1 aliphatic rings. The second-order valence-corrected chi connectivity index (χ2v) is 4.53. The van der Waals surface area contributed by atoms with Crippen molar-refractivity contribution < 1.29 is 14.5 Å². The number of hydrogen-bond acceptors (Lipinski definition) is 2. The van der Waals surface area contributed by atoms with Gasteiger partial charge in [0.1, 0.15) is 0 Å². The highest BCUT2D eigenvalue weighted by molar-refractivity contribution is 6.21. The number of anilines is 1. The molecular weight excluding hydrogens is 228 g/mol. The van der Waals surface area contributed by atoms with Gasteiger partial charge in [-0.25, -0.2) is 4.90 Å². The number of para-hydroxylation sites is 1. The second kappa shape index (κ2) is 5.31. The molecule has 1 atom stereocenters. The van der Waals surface area contributed by atoms with Crippen LogP contribution in [0.5, 0.6) is 0 Å². The first-order chi connectivity index (χ1) is 8.69. The summed E-state index contributed by atoms with van der Waals surface area (Å²) in [7, 11) is 0. The second-order valence-electron chi connectivity index (χ2n) is 4.53. The van der Waals surface area contributed by atoms with E-state index in [-0.39, 0.29) is 17.9 Å². The monoisotopic (exact) mass is 247 g/mol. The summed E-state index contributed by atoms with van der Waals surface area (Å²) in [5.74, 6) is -0.152. The molecule has 1 saturated heterocycles. The number of quaternary nitrogens is 1. The number of likely N-dealkylation sites (N-methyl/N-ethyl adjacent to an activating group) is 1. The highest BCUT2D eigenvalue weighted by atomic mass is 16.2. The van der Waals surface area contributed by atoms with Crippen molar-refractivity contribution >= 4 is 17.5 Å². The Morgan fingerprint density at radius 2 is 1.78 bits per heavy atom. The van der Waals surface area contributed by atoms with Gasteiger partial charge in [0.05, 0.1) is 25.2 Å². The first-order valence-corrected chi connectivity index (χ1v) is 6.45.